The zero-order valence-electron chi connectivity index (χ0n) is 15.5. The van der Waals surface area contributed by atoms with E-state index in [-0.39, 0.29) is 11.5 Å². The number of hydrogen-bond donors (Lipinski definition) is 1. The predicted molar refractivity (Wildman–Crippen MR) is 97.6 cm³/mol. The summed E-state index contributed by atoms with van der Waals surface area (Å²) in [5.74, 6) is 3.13. The van der Waals surface area contributed by atoms with Crippen LogP contribution in [-0.4, -0.2) is 42.9 Å². The molecule has 0 radical (unpaired) electrons. The fourth-order valence-corrected chi connectivity index (χ4v) is 4.74. The van der Waals surface area contributed by atoms with Gasteiger partial charge in [-0.15, -0.1) is 0 Å². The van der Waals surface area contributed by atoms with Crippen LogP contribution in [0.5, 0.6) is 0 Å². The maximum Gasteiger partial charge on any atom is 0.156 e. The number of hydrogen-bond acceptors (Lipinski definition) is 4. The zero-order chi connectivity index (χ0) is 17.4. The van der Waals surface area contributed by atoms with E-state index >= 15 is 0 Å². The molecule has 1 unspecified atom stereocenters. The van der Waals surface area contributed by atoms with E-state index in [1.807, 2.05) is 6.92 Å². The number of nitrogens with zero attached hydrogens (tertiary/aromatic N) is 1. The molecule has 0 bridgehead atoms. The third-order valence-electron chi connectivity index (χ3n) is 6.41. The number of aliphatic hydroxyl groups excluding tert-OH is 1. The smallest absolute Gasteiger partial charge is 0.156 e. The normalized spacial score (nSPS) is 34.8. The minimum atomic E-state index is -0.296. The number of likely N-dealkylation sites (tertiary alicyclic amines) is 1. The molecule has 25 heavy (non-hydrogen) atoms. The van der Waals surface area contributed by atoms with Crippen LogP contribution in [0.25, 0.3) is 0 Å². The van der Waals surface area contributed by atoms with Crippen LogP contribution < -0.4 is 0 Å². The SMILES string of the molecule is CCOC1=C(OCC2CC2)C=CC([C@@]23CC[C@H](O)C=C2N(C)CC3)C1. The summed E-state index contributed by atoms with van der Waals surface area (Å²) in [7, 11) is 2.15. The van der Waals surface area contributed by atoms with Crippen LogP contribution in [0, 0.1) is 17.3 Å². The highest BCUT2D eigenvalue weighted by Crippen LogP contribution is 2.55. The van der Waals surface area contributed by atoms with Crippen molar-refractivity contribution in [2.24, 2.45) is 17.3 Å². The van der Waals surface area contributed by atoms with Gasteiger partial charge in [-0.2, -0.15) is 0 Å². The van der Waals surface area contributed by atoms with Crippen LogP contribution in [-0.2, 0) is 9.47 Å². The first-order valence-electron chi connectivity index (χ1n) is 9.91. The molecular weight excluding hydrogens is 314 g/mol. The Morgan fingerprint density at radius 2 is 2.08 bits per heavy atom. The molecule has 4 nitrogen and oxygen atoms in total. The molecule has 1 aliphatic heterocycles. The van der Waals surface area contributed by atoms with E-state index in [1.54, 1.807) is 0 Å². The quantitative estimate of drug-likeness (QED) is 0.799. The highest BCUT2D eigenvalue weighted by Gasteiger charge is 2.49. The molecule has 0 aromatic rings. The lowest BCUT2D eigenvalue weighted by molar-refractivity contribution is 0.109. The summed E-state index contributed by atoms with van der Waals surface area (Å²) in [6, 6.07) is 0. The van der Waals surface area contributed by atoms with Gasteiger partial charge < -0.3 is 19.5 Å². The summed E-state index contributed by atoms with van der Waals surface area (Å²) < 4.78 is 12.0. The van der Waals surface area contributed by atoms with E-state index < -0.39 is 0 Å². The van der Waals surface area contributed by atoms with Crippen LogP contribution >= 0.6 is 0 Å². The van der Waals surface area contributed by atoms with E-state index in [2.05, 4.69) is 30.2 Å². The molecule has 3 atom stereocenters. The third-order valence-corrected chi connectivity index (χ3v) is 6.41. The molecule has 1 N–H and O–H groups in total. The molecule has 1 saturated carbocycles. The summed E-state index contributed by atoms with van der Waals surface area (Å²) in [6.07, 6.45) is 12.9. The maximum absolute atomic E-state index is 10.1. The Morgan fingerprint density at radius 3 is 2.84 bits per heavy atom. The van der Waals surface area contributed by atoms with Gasteiger partial charge in [0.05, 0.1) is 19.3 Å². The van der Waals surface area contributed by atoms with Gasteiger partial charge >= 0.3 is 0 Å². The summed E-state index contributed by atoms with van der Waals surface area (Å²) in [5, 5.41) is 10.1. The number of aliphatic hydroxyl groups is 1. The van der Waals surface area contributed by atoms with E-state index in [0.29, 0.717) is 12.5 Å². The van der Waals surface area contributed by atoms with Crippen molar-refractivity contribution in [2.75, 3.05) is 26.8 Å². The molecule has 0 spiro atoms. The van der Waals surface area contributed by atoms with Crippen molar-refractivity contribution in [1.29, 1.82) is 0 Å². The summed E-state index contributed by atoms with van der Waals surface area (Å²) in [5.41, 5.74) is 1.48. The highest BCUT2D eigenvalue weighted by molar-refractivity contribution is 5.32. The minimum absolute atomic E-state index is 0.148. The van der Waals surface area contributed by atoms with Gasteiger partial charge in [0.25, 0.3) is 0 Å². The van der Waals surface area contributed by atoms with Crippen molar-refractivity contribution in [3.63, 3.8) is 0 Å². The van der Waals surface area contributed by atoms with Gasteiger partial charge in [0.1, 0.15) is 5.76 Å². The summed E-state index contributed by atoms with van der Waals surface area (Å²) in [6.45, 7) is 4.62. The average Bonchev–Trinajstić information content (AvgIpc) is 3.38. The molecular formula is C21H31NO3. The Labute approximate surface area is 151 Å². The van der Waals surface area contributed by atoms with Gasteiger partial charge in [-0.1, -0.05) is 6.08 Å². The molecule has 0 amide bonds. The van der Waals surface area contributed by atoms with E-state index in [0.717, 1.165) is 56.3 Å². The Balaban J connectivity index is 1.55. The number of ether oxygens (including phenoxy) is 2. The van der Waals surface area contributed by atoms with Crippen LogP contribution in [0.1, 0.15) is 45.4 Å². The fraction of sp³-hybridized carbons (Fsp3) is 0.714. The predicted octanol–water partition coefficient (Wildman–Crippen LogP) is 3.60. The van der Waals surface area contributed by atoms with Crippen LogP contribution in [0.15, 0.2) is 35.4 Å². The van der Waals surface area contributed by atoms with Gasteiger partial charge in [-0.25, -0.2) is 0 Å². The van der Waals surface area contributed by atoms with Gasteiger partial charge in [0, 0.05) is 31.1 Å². The van der Waals surface area contributed by atoms with E-state index in [1.165, 1.54) is 18.5 Å². The number of fused-ring (bicyclic) bond motifs is 1. The largest absolute Gasteiger partial charge is 0.494 e. The first-order valence-corrected chi connectivity index (χ1v) is 9.91. The van der Waals surface area contributed by atoms with Crippen molar-refractivity contribution in [3.8, 4) is 0 Å². The third kappa shape index (κ3) is 3.21. The van der Waals surface area contributed by atoms with Crippen LogP contribution in [0.4, 0.5) is 0 Å². The Hall–Kier alpha value is -1.42. The van der Waals surface area contributed by atoms with Gasteiger partial charge in [0.2, 0.25) is 0 Å². The molecule has 3 aliphatic carbocycles. The van der Waals surface area contributed by atoms with Gasteiger partial charge in [-0.3, -0.25) is 0 Å². The summed E-state index contributed by atoms with van der Waals surface area (Å²) >= 11 is 0. The monoisotopic (exact) mass is 345 g/mol. The van der Waals surface area contributed by atoms with Crippen LogP contribution in [0.2, 0.25) is 0 Å². The van der Waals surface area contributed by atoms with E-state index in [9.17, 15) is 5.11 Å². The first-order chi connectivity index (χ1) is 12.1. The van der Waals surface area contributed by atoms with E-state index in [4.69, 9.17) is 9.47 Å². The Morgan fingerprint density at radius 1 is 1.24 bits per heavy atom. The molecule has 4 heteroatoms. The molecule has 2 fully saturated rings. The van der Waals surface area contributed by atoms with Crippen molar-refractivity contribution < 1.29 is 14.6 Å². The lowest BCUT2D eigenvalue weighted by Gasteiger charge is -2.42. The lowest BCUT2D eigenvalue weighted by atomic mass is 9.64. The fourth-order valence-electron chi connectivity index (χ4n) is 4.74. The molecule has 1 heterocycles. The molecule has 0 aromatic carbocycles. The van der Waals surface area contributed by atoms with Gasteiger partial charge in [0.15, 0.2) is 5.76 Å². The first kappa shape index (κ1) is 17.0. The second-order valence-electron chi connectivity index (χ2n) is 8.13. The molecule has 0 aromatic heterocycles. The van der Waals surface area contributed by atoms with Crippen LogP contribution in [0.3, 0.4) is 0 Å². The number of allylic oxidation sites excluding steroid dienone is 4. The second kappa shape index (κ2) is 6.71. The zero-order valence-corrected chi connectivity index (χ0v) is 15.5. The topological polar surface area (TPSA) is 41.9 Å². The molecule has 4 rings (SSSR count). The summed E-state index contributed by atoms with van der Waals surface area (Å²) in [4.78, 5) is 2.33. The standard InChI is InChI=1S/C21H31NO3/c1-3-24-19-12-16(6-7-18(19)25-14-15-4-5-15)21-9-8-17(23)13-20(21)22(2)11-10-21/h6-7,13,15-17,23H,3-5,8-12,14H2,1-2H3/t16?,17-,21-/m0/s1. The Kier molecular flexibility index (Phi) is 4.57. The molecule has 1 saturated heterocycles. The highest BCUT2D eigenvalue weighted by atomic mass is 16.5. The Bertz CT molecular complexity index is 604. The molecule has 138 valence electrons. The molecule has 4 aliphatic rings. The van der Waals surface area contributed by atoms with Crippen molar-refractivity contribution in [3.05, 3.63) is 35.4 Å². The second-order valence-corrected chi connectivity index (χ2v) is 8.13. The number of rotatable bonds is 6. The maximum atomic E-state index is 10.1. The van der Waals surface area contributed by atoms with Gasteiger partial charge in [-0.05, 0) is 63.0 Å². The minimum Gasteiger partial charge on any atom is -0.494 e. The lowest BCUT2D eigenvalue weighted by Crippen LogP contribution is -2.36. The van der Waals surface area contributed by atoms with Crippen molar-refractivity contribution >= 4 is 0 Å². The van der Waals surface area contributed by atoms with Crippen molar-refractivity contribution in [2.45, 2.75) is 51.6 Å². The van der Waals surface area contributed by atoms with Crippen molar-refractivity contribution in [1.82, 2.24) is 4.90 Å². The average molecular weight is 345 g/mol.